The molecule has 2 rings (SSSR count). The third kappa shape index (κ3) is 8.41. The topological polar surface area (TPSA) is 73.8 Å². The average molecular weight is 537 g/mol. The smallest absolute Gasteiger partial charge is 0.191 e. The number of likely N-dealkylation sites (tertiary alicyclic amines) is 1. The minimum absolute atomic E-state index is 0. The Morgan fingerprint density at radius 2 is 1.90 bits per heavy atom. The van der Waals surface area contributed by atoms with Gasteiger partial charge in [0.05, 0.1) is 17.0 Å². The van der Waals surface area contributed by atoms with E-state index in [0.717, 1.165) is 26.1 Å². The van der Waals surface area contributed by atoms with Crippen LogP contribution in [-0.2, 0) is 16.4 Å². The molecular formula is C21H37IN4O2S. The molecule has 1 fully saturated rings. The molecule has 1 saturated heterocycles. The molecule has 2 N–H and O–H groups in total. The molecule has 1 aliphatic heterocycles. The molecule has 0 saturated carbocycles. The number of hydrogen-bond acceptors (Lipinski definition) is 4. The van der Waals surface area contributed by atoms with Gasteiger partial charge in [-0.3, -0.25) is 9.89 Å². The largest absolute Gasteiger partial charge is 0.357 e. The van der Waals surface area contributed by atoms with Gasteiger partial charge in [0.2, 0.25) is 0 Å². The van der Waals surface area contributed by atoms with E-state index in [0.29, 0.717) is 25.1 Å². The highest BCUT2D eigenvalue weighted by atomic mass is 127. The number of sulfone groups is 1. The van der Waals surface area contributed by atoms with Crippen LogP contribution in [0.4, 0.5) is 0 Å². The molecule has 1 aromatic carbocycles. The van der Waals surface area contributed by atoms with Gasteiger partial charge in [0.1, 0.15) is 0 Å². The first-order chi connectivity index (χ1) is 13.2. The van der Waals surface area contributed by atoms with Crippen molar-refractivity contribution in [2.24, 2.45) is 4.99 Å². The zero-order valence-electron chi connectivity index (χ0n) is 18.1. The van der Waals surface area contributed by atoms with Crippen LogP contribution < -0.4 is 10.6 Å². The van der Waals surface area contributed by atoms with Crippen LogP contribution in [0.5, 0.6) is 0 Å². The molecule has 1 atom stereocenters. The van der Waals surface area contributed by atoms with Gasteiger partial charge in [-0.15, -0.1) is 24.0 Å². The van der Waals surface area contributed by atoms with Crippen molar-refractivity contribution in [3.05, 3.63) is 35.9 Å². The summed E-state index contributed by atoms with van der Waals surface area (Å²) in [6.07, 6.45) is 2.34. The lowest BCUT2D eigenvalue weighted by molar-refractivity contribution is 0.250. The minimum atomic E-state index is -3.14. The number of nitrogens with one attached hydrogen (secondary N) is 2. The molecule has 0 bridgehead atoms. The van der Waals surface area contributed by atoms with E-state index in [1.165, 1.54) is 12.0 Å². The predicted octanol–water partition coefficient (Wildman–Crippen LogP) is 3.04. The zero-order valence-corrected chi connectivity index (χ0v) is 21.3. The number of guanidine groups is 1. The number of aliphatic imine (C=N–C) groups is 1. The Bertz CT molecular complexity index is 733. The average Bonchev–Trinajstić information content (AvgIpc) is 3.06. The van der Waals surface area contributed by atoms with Gasteiger partial charge in [0, 0.05) is 25.7 Å². The summed E-state index contributed by atoms with van der Waals surface area (Å²) in [6.45, 7) is 11.1. The molecule has 0 radical (unpaired) electrons. The molecule has 1 aliphatic rings. The van der Waals surface area contributed by atoms with Gasteiger partial charge in [-0.1, -0.05) is 30.3 Å². The van der Waals surface area contributed by atoms with Crippen LogP contribution >= 0.6 is 24.0 Å². The summed E-state index contributed by atoms with van der Waals surface area (Å²) in [5, 5.41) is 6.40. The standard InChI is InChI=1S/C21H36N4O2S.HI/c1-5-22-20(23-13-15-28(26,27)21(2,3)4)24-16-19-12-9-14-25(19)17-18-10-7-6-8-11-18;/h6-8,10-11,19H,5,9,12-17H2,1-4H3,(H2,22,23,24);1H. The summed E-state index contributed by atoms with van der Waals surface area (Å²) in [5.41, 5.74) is 1.33. The first-order valence-corrected chi connectivity index (χ1v) is 11.9. The molecule has 0 aliphatic carbocycles. The lowest BCUT2D eigenvalue weighted by atomic mass is 10.2. The molecule has 6 nitrogen and oxygen atoms in total. The molecule has 0 spiro atoms. The Balaban J connectivity index is 0.00000420. The monoisotopic (exact) mass is 536 g/mol. The Morgan fingerprint density at radius 1 is 1.21 bits per heavy atom. The van der Waals surface area contributed by atoms with Gasteiger partial charge in [-0.05, 0) is 52.6 Å². The summed E-state index contributed by atoms with van der Waals surface area (Å²) < 4.78 is 23.8. The van der Waals surface area contributed by atoms with E-state index < -0.39 is 14.6 Å². The third-order valence-corrected chi connectivity index (χ3v) is 7.74. The molecule has 0 aromatic heterocycles. The first kappa shape index (κ1) is 26.2. The van der Waals surface area contributed by atoms with Crippen LogP contribution in [0.15, 0.2) is 35.3 Å². The van der Waals surface area contributed by atoms with Crippen molar-refractivity contribution < 1.29 is 8.42 Å². The summed E-state index contributed by atoms with van der Waals surface area (Å²) in [5.74, 6) is 0.794. The Labute approximate surface area is 193 Å². The second-order valence-corrected chi connectivity index (χ2v) is 11.2. The van der Waals surface area contributed by atoms with Crippen LogP contribution in [0.25, 0.3) is 0 Å². The van der Waals surface area contributed by atoms with Crippen molar-refractivity contribution in [1.29, 1.82) is 0 Å². The fourth-order valence-corrected chi connectivity index (χ4v) is 4.26. The van der Waals surface area contributed by atoms with E-state index in [-0.39, 0.29) is 29.7 Å². The second-order valence-electron chi connectivity index (χ2n) is 8.33. The highest BCUT2D eigenvalue weighted by Crippen LogP contribution is 2.20. The van der Waals surface area contributed by atoms with Crippen LogP contribution in [0, 0.1) is 0 Å². The molecule has 0 amide bonds. The van der Waals surface area contributed by atoms with E-state index in [4.69, 9.17) is 4.99 Å². The normalized spacial score (nSPS) is 18.3. The first-order valence-electron chi connectivity index (χ1n) is 10.3. The lowest BCUT2D eigenvalue weighted by Gasteiger charge is -2.24. The fourth-order valence-electron chi connectivity index (χ4n) is 3.28. The van der Waals surface area contributed by atoms with E-state index in [1.54, 1.807) is 20.8 Å². The molecule has 1 heterocycles. The number of hydrogen-bond donors (Lipinski definition) is 2. The quantitative estimate of drug-likeness (QED) is 0.304. The summed E-state index contributed by atoms with van der Waals surface area (Å²) >= 11 is 0. The van der Waals surface area contributed by atoms with E-state index in [2.05, 4.69) is 39.8 Å². The number of nitrogens with zero attached hydrogens (tertiary/aromatic N) is 2. The maximum atomic E-state index is 12.3. The molecular weight excluding hydrogens is 499 g/mol. The van der Waals surface area contributed by atoms with Crippen molar-refractivity contribution in [2.45, 2.75) is 57.9 Å². The Kier molecular flexibility index (Phi) is 10.9. The number of rotatable bonds is 8. The summed E-state index contributed by atoms with van der Waals surface area (Å²) in [4.78, 5) is 7.22. The van der Waals surface area contributed by atoms with Gasteiger partial charge in [0.15, 0.2) is 15.8 Å². The summed E-state index contributed by atoms with van der Waals surface area (Å²) in [6, 6.07) is 11.0. The number of benzene rings is 1. The maximum Gasteiger partial charge on any atom is 0.191 e. The molecule has 29 heavy (non-hydrogen) atoms. The SMILES string of the molecule is CCNC(=NCC1CCCN1Cc1ccccc1)NCCS(=O)(=O)C(C)(C)C.I. The zero-order chi connectivity index (χ0) is 20.6. The fraction of sp³-hybridized carbons (Fsp3) is 0.667. The molecule has 1 unspecified atom stereocenters. The van der Waals surface area contributed by atoms with Gasteiger partial charge in [0.25, 0.3) is 0 Å². The third-order valence-electron chi connectivity index (χ3n) is 5.13. The van der Waals surface area contributed by atoms with Gasteiger partial charge in [-0.25, -0.2) is 8.42 Å². The predicted molar refractivity (Wildman–Crippen MR) is 133 cm³/mol. The van der Waals surface area contributed by atoms with Crippen LogP contribution in [0.2, 0.25) is 0 Å². The highest BCUT2D eigenvalue weighted by Gasteiger charge is 2.28. The van der Waals surface area contributed by atoms with Crippen molar-refractivity contribution in [2.75, 3.05) is 31.9 Å². The molecule has 166 valence electrons. The molecule has 1 aromatic rings. The van der Waals surface area contributed by atoms with E-state index in [9.17, 15) is 8.42 Å². The van der Waals surface area contributed by atoms with Crippen molar-refractivity contribution >= 4 is 39.8 Å². The Hall–Kier alpha value is -0.870. The van der Waals surface area contributed by atoms with Crippen LogP contribution in [-0.4, -0.2) is 62.0 Å². The van der Waals surface area contributed by atoms with Gasteiger partial charge >= 0.3 is 0 Å². The van der Waals surface area contributed by atoms with Crippen molar-refractivity contribution in [3.63, 3.8) is 0 Å². The minimum Gasteiger partial charge on any atom is -0.357 e. The maximum absolute atomic E-state index is 12.3. The van der Waals surface area contributed by atoms with Crippen LogP contribution in [0.1, 0.15) is 46.1 Å². The van der Waals surface area contributed by atoms with E-state index in [1.807, 2.05) is 13.0 Å². The van der Waals surface area contributed by atoms with Gasteiger partial charge < -0.3 is 10.6 Å². The highest BCUT2D eigenvalue weighted by molar-refractivity contribution is 14.0. The van der Waals surface area contributed by atoms with E-state index >= 15 is 0 Å². The lowest BCUT2D eigenvalue weighted by Crippen LogP contribution is -2.42. The summed E-state index contributed by atoms with van der Waals surface area (Å²) in [7, 11) is -3.14. The molecule has 8 heteroatoms. The Morgan fingerprint density at radius 3 is 2.52 bits per heavy atom. The van der Waals surface area contributed by atoms with Crippen molar-refractivity contribution in [3.8, 4) is 0 Å². The van der Waals surface area contributed by atoms with Crippen LogP contribution in [0.3, 0.4) is 0 Å². The second kappa shape index (κ2) is 12.1. The van der Waals surface area contributed by atoms with Crippen molar-refractivity contribution in [1.82, 2.24) is 15.5 Å². The van der Waals surface area contributed by atoms with Gasteiger partial charge in [-0.2, -0.15) is 0 Å². The number of halogens is 1.